The summed E-state index contributed by atoms with van der Waals surface area (Å²) >= 11 is 0. The van der Waals surface area contributed by atoms with Crippen molar-refractivity contribution in [2.24, 2.45) is 0 Å². The van der Waals surface area contributed by atoms with Gasteiger partial charge in [0.15, 0.2) is 0 Å². The minimum Gasteiger partial charge on any atom is -0.481 e. The van der Waals surface area contributed by atoms with Gasteiger partial charge >= 0.3 is 12.0 Å². The van der Waals surface area contributed by atoms with Crippen LogP contribution in [0.1, 0.15) is 40.0 Å². The van der Waals surface area contributed by atoms with E-state index in [0.29, 0.717) is 37.1 Å². The molecule has 3 N–H and O–H groups in total. The first-order chi connectivity index (χ1) is 11.5. The molecule has 0 fully saturated rings. The molecular weight excluding hydrogens is 314 g/mol. The molecule has 0 spiro atoms. The highest BCUT2D eigenvalue weighted by Crippen LogP contribution is 2.22. The van der Waals surface area contributed by atoms with Crippen molar-refractivity contribution >= 4 is 23.8 Å². The van der Waals surface area contributed by atoms with Gasteiger partial charge in [0.05, 0.1) is 17.5 Å². The van der Waals surface area contributed by atoms with Crippen LogP contribution in [0.4, 0.5) is 4.79 Å². The second-order valence-electron chi connectivity index (χ2n) is 5.34. The number of unbranched alkanes of at least 4 members (excludes halogenated alkanes) is 1. The predicted octanol–water partition coefficient (Wildman–Crippen LogP) is 0.837. The molecule has 0 radical (unpaired) electrons. The van der Waals surface area contributed by atoms with E-state index in [1.807, 2.05) is 0 Å². The van der Waals surface area contributed by atoms with Crippen LogP contribution in [0, 0.1) is 0 Å². The average molecular weight is 333 g/mol. The summed E-state index contributed by atoms with van der Waals surface area (Å²) in [5.74, 6) is -1.54. The number of hydrogen-bond donors (Lipinski definition) is 3. The van der Waals surface area contributed by atoms with E-state index < -0.39 is 12.0 Å². The molecule has 1 aromatic rings. The Balaban J connectivity index is 1.65. The van der Waals surface area contributed by atoms with Crippen molar-refractivity contribution in [3.8, 4) is 0 Å². The number of nitrogens with zero attached hydrogens (tertiary/aromatic N) is 1. The van der Waals surface area contributed by atoms with Gasteiger partial charge in [-0.05, 0) is 25.0 Å². The Kier molecular flexibility index (Phi) is 5.89. The van der Waals surface area contributed by atoms with E-state index in [-0.39, 0.29) is 24.8 Å². The fourth-order valence-corrected chi connectivity index (χ4v) is 2.38. The second-order valence-corrected chi connectivity index (χ2v) is 5.34. The minimum absolute atomic E-state index is 0.0657. The molecule has 0 saturated heterocycles. The lowest BCUT2D eigenvalue weighted by molar-refractivity contribution is -0.136. The molecule has 2 rings (SSSR count). The number of urea groups is 1. The number of hydrogen-bond acceptors (Lipinski definition) is 4. The third-order valence-electron chi connectivity index (χ3n) is 3.60. The normalized spacial score (nSPS) is 12.9. The van der Waals surface area contributed by atoms with Gasteiger partial charge < -0.3 is 15.7 Å². The number of amides is 4. The number of carbonyl (C=O) groups is 4. The van der Waals surface area contributed by atoms with Gasteiger partial charge in [-0.15, -0.1) is 0 Å². The Labute approximate surface area is 138 Å². The average Bonchev–Trinajstić information content (AvgIpc) is 2.79. The highest BCUT2D eigenvalue weighted by atomic mass is 16.4. The zero-order chi connectivity index (χ0) is 17.5. The second kappa shape index (κ2) is 8.09. The molecule has 24 heavy (non-hydrogen) atoms. The summed E-state index contributed by atoms with van der Waals surface area (Å²) in [5, 5.41) is 13.5. The van der Waals surface area contributed by atoms with Crippen LogP contribution >= 0.6 is 0 Å². The van der Waals surface area contributed by atoms with Gasteiger partial charge in [-0.1, -0.05) is 12.1 Å². The van der Waals surface area contributed by atoms with Crippen LogP contribution in [-0.2, 0) is 4.79 Å². The molecule has 0 unspecified atom stereocenters. The quantitative estimate of drug-likeness (QED) is 0.481. The van der Waals surface area contributed by atoms with Crippen molar-refractivity contribution in [2.75, 3.05) is 19.6 Å². The lowest BCUT2D eigenvalue weighted by atomic mass is 10.1. The summed E-state index contributed by atoms with van der Waals surface area (Å²) in [6.07, 6.45) is 1.04. The molecule has 8 nitrogen and oxygen atoms in total. The number of imide groups is 1. The van der Waals surface area contributed by atoms with Gasteiger partial charge in [-0.25, -0.2) is 4.79 Å². The van der Waals surface area contributed by atoms with Crippen LogP contribution < -0.4 is 10.6 Å². The Morgan fingerprint density at radius 2 is 1.54 bits per heavy atom. The van der Waals surface area contributed by atoms with Crippen molar-refractivity contribution in [3.05, 3.63) is 35.4 Å². The summed E-state index contributed by atoms with van der Waals surface area (Å²) in [4.78, 5) is 47.2. The first-order valence-electron chi connectivity index (χ1n) is 7.69. The van der Waals surface area contributed by atoms with Gasteiger partial charge in [0.1, 0.15) is 0 Å². The summed E-state index contributed by atoms with van der Waals surface area (Å²) in [7, 11) is 0. The summed E-state index contributed by atoms with van der Waals surface area (Å²) in [5.41, 5.74) is 0.858. The molecule has 8 heteroatoms. The standard InChI is InChI=1S/C16H19N3O5/c20-13(21)7-9-18-16(24)17-8-3-4-10-19-14(22)11-5-1-2-6-12(11)15(19)23/h1-2,5-6H,3-4,7-10H2,(H,20,21)(H2,17,18,24). The Bertz CT molecular complexity index is 624. The third kappa shape index (κ3) is 4.31. The fraction of sp³-hybridized carbons (Fsp3) is 0.375. The van der Waals surface area contributed by atoms with Crippen LogP contribution in [0.25, 0.3) is 0 Å². The fourth-order valence-electron chi connectivity index (χ4n) is 2.38. The number of fused-ring (bicyclic) bond motifs is 1. The number of carboxylic acids is 1. The van der Waals surface area contributed by atoms with Crippen molar-refractivity contribution in [2.45, 2.75) is 19.3 Å². The number of rotatable bonds is 8. The van der Waals surface area contributed by atoms with Gasteiger partial charge in [0.2, 0.25) is 0 Å². The molecule has 0 bridgehead atoms. The minimum atomic E-state index is -0.976. The van der Waals surface area contributed by atoms with E-state index in [1.54, 1.807) is 24.3 Å². The number of nitrogens with one attached hydrogen (secondary N) is 2. The van der Waals surface area contributed by atoms with Crippen LogP contribution in [-0.4, -0.2) is 53.5 Å². The monoisotopic (exact) mass is 333 g/mol. The molecule has 0 atom stereocenters. The van der Waals surface area contributed by atoms with Gasteiger partial charge in [0.25, 0.3) is 11.8 Å². The topological polar surface area (TPSA) is 116 Å². The van der Waals surface area contributed by atoms with Crippen LogP contribution in [0.5, 0.6) is 0 Å². The van der Waals surface area contributed by atoms with Gasteiger partial charge in [0, 0.05) is 19.6 Å². The van der Waals surface area contributed by atoms with Crippen LogP contribution in [0.15, 0.2) is 24.3 Å². The van der Waals surface area contributed by atoms with E-state index in [0.717, 1.165) is 0 Å². The maximum Gasteiger partial charge on any atom is 0.314 e. The molecule has 1 aromatic carbocycles. The number of aliphatic carboxylic acids is 1. The van der Waals surface area contributed by atoms with Crippen LogP contribution in [0.3, 0.4) is 0 Å². The van der Waals surface area contributed by atoms with Gasteiger partial charge in [-0.2, -0.15) is 0 Å². The molecule has 128 valence electrons. The molecule has 0 aliphatic carbocycles. The Morgan fingerprint density at radius 3 is 2.12 bits per heavy atom. The zero-order valence-electron chi connectivity index (χ0n) is 13.1. The molecule has 1 aliphatic heterocycles. The van der Waals surface area contributed by atoms with Crippen LogP contribution in [0.2, 0.25) is 0 Å². The summed E-state index contributed by atoms with van der Waals surface area (Å²) < 4.78 is 0. The van der Waals surface area contributed by atoms with Crippen molar-refractivity contribution in [3.63, 3.8) is 0 Å². The summed E-state index contributed by atoms with van der Waals surface area (Å²) in [6.45, 7) is 0.743. The smallest absolute Gasteiger partial charge is 0.314 e. The predicted molar refractivity (Wildman–Crippen MR) is 84.7 cm³/mol. The lowest BCUT2D eigenvalue weighted by Crippen LogP contribution is -2.37. The number of carbonyl (C=O) groups excluding carboxylic acids is 3. The molecule has 1 heterocycles. The first kappa shape index (κ1) is 17.5. The highest BCUT2D eigenvalue weighted by molar-refractivity contribution is 6.21. The maximum absolute atomic E-state index is 12.1. The Hall–Kier alpha value is -2.90. The molecular formula is C16H19N3O5. The lowest BCUT2D eigenvalue weighted by Gasteiger charge is -2.13. The van der Waals surface area contributed by atoms with Crippen molar-refractivity contribution < 1.29 is 24.3 Å². The van der Waals surface area contributed by atoms with E-state index >= 15 is 0 Å². The number of carboxylic acid groups (broad SMARTS) is 1. The third-order valence-corrected chi connectivity index (χ3v) is 3.60. The van der Waals surface area contributed by atoms with Crippen molar-refractivity contribution in [1.29, 1.82) is 0 Å². The molecule has 0 aromatic heterocycles. The SMILES string of the molecule is O=C(O)CCNC(=O)NCCCCN1C(=O)c2ccccc2C1=O. The zero-order valence-corrected chi connectivity index (χ0v) is 13.1. The highest BCUT2D eigenvalue weighted by Gasteiger charge is 2.34. The number of benzene rings is 1. The largest absolute Gasteiger partial charge is 0.481 e. The van der Waals surface area contributed by atoms with E-state index in [1.165, 1.54) is 4.90 Å². The van der Waals surface area contributed by atoms with E-state index in [9.17, 15) is 19.2 Å². The Morgan fingerprint density at radius 1 is 0.958 bits per heavy atom. The van der Waals surface area contributed by atoms with E-state index in [4.69, 9.17) is 5.11 Å². The van der Waals surface area contributed by atoms with Gasteiger partial charge in [-0.3, -0.25) is 19.3 Å². The van der Waals surface area contributed by atoms with Crippen molar-refractivity contribution in [1.82, 2.24) is 15.5 Å². The first-order valence-corrected chi connectivity index (χ1v) is 7.69. The maximum atomic E-state index is 12.1. The molecule has 1 aliphatic rings. The molecule has 4 amide bonds. The summed E-state index contributed by atoms with van der Waals surface area (Å²) in [6, 6.07) is 6.29. The molecule has 0 saturated carbocycles. The van der Waals surface area contributed by atoms with E-state index in [2.05, 4.69) is 10.6 Å².